The minimum Gasteiger partial charge on any atom is -0.381 e. The molecular weight excluding hydrogens is 264 g/mol. The van der Waals surface area contributed by atoms with Crippen LogP contribution in [0.5, 0.6) is 0 Å². The van der Waals surface area contributed by atoms with E-state index < -0.39 is 10.0 Å². The lowest BCUT2D eigenvalue weighted by Gasteiger charge is -2.35. The molecule has 3 atom stereocenters. The average molecular weight is 288 g/mol. The third-order valence-electron chi connectivity index (χ3n) is 4.87. The highest BCUT2D eigenvalue weighted by atomic mass is 32.2. The smallest absolute Gasteiger partial charge is 0.214 e. The lowest BCUT2D eigenvalue weighted by molar-refractivity contribution is 0.188. The third-order valence-corrected chi connectivity index (χ3v) is 6.94. The molecule has 0 radical (unpaired) electrons. The Hall–Kier alpha value is -0.170. The summed E-state index contributed by atoms with van der Waals surface area (Å²) in [6.45, 7) is 1.31. The van der Waals surface area contributed by atoms with Crippen molar-refractivity contribution in [2.45, 2.75) is 50.2 Å². The fraction of sp³-hybridized carbons (Fsp3) is 1.00. The fourth-order valence-electron chi connectivity index (χ4n) is 3.68. The summed E-state index contributed by atoms with van der Waals surface area (Å²) in [5.41, 5.74) is 0. The van der Waals surface area contributed by atoms with Crippen LogP contribution in [0.1, 0.15) is 32.1 Å². The number of fused-ring (bicyclic) bond motifs is 2. The van der Waals surface area contributed by atoms with E-state index in [0.717, 1.165) is 19.3 Å². The molecule has 0 aromatic rings. The van der Waals surface area contributed by atoms with Gasteiger partial charge in [0.25, 0.3) is 0 Å². The molecule has 0 aromatic carbocycles. The van der Waals surface area contributed by atoms with Gasteiger partial charge in [0, 0.05) is 31.8 Å². The van der Waals surface area contributed by atoms with Gasteiger partial charge in [0.2, 0.25) is 10.0 Å². The van der Waals surface area contributed by atoms with Crippen molar-refractivity contribution < 1.29 is 13.2 Å². The molecule has 3 aliphatic rings. The zero-order chi connectivity index (χ0) is 13.5. The maximum Gasteiger partial charge on any atom is 0.214 e. The van der Waals surface area contributed by atoms with Crippen LogP contribution in [0.25, 0.3) is 0 Å². The molecule has 0 spiro atoms. The number of nitrogens with one attached hydrogen (secondary N) is 1. The standard InChI is InChI=1S/C13H24N2O3S/c1-15(13-6-11-2-3-12(7-13)14-11)19(16,17)9-10-4-5-18-8-10/h10-14H,2-9H2,1H3. The summed E-state index contributed by atoms with van der Waals surface area (Å²) in [6.07, 6.45) is 5.21. The molecule has 3 aliphatic heterocycles. The van der Waals surface area contributed by atoms with Gasteiger partial charge in [-0.25, -0.2) is 12.7 Å². The Bertz CT molecular complexity index is 408. The van der Waals surface area contributed by atoms with Gasteiger partial charge in [-0.3, -0.25) is 0 Å². The summed E-state index contributed by atoms with van der Waals surface area (Å²) in [5.74, 6) is 0.439. The van der Waals surface area contributed by atoms with Gasteiger partial charge in [-0.2, -0.15) is 0 Å². The molecule has 1 N–H and O–H groups in total. The Labute approximate surface area is 115 Å². The Morgan fingerprint density at radius 1 is 1.21 bits per heavy atom. The first-order valence-electron chi connectivity index (χ1n) is 7.34. The summed E-state index contributed by atoms with van der Waals surface area (Å²) in [4.78, 5) is 0. The number of sulfonamides is 1. The van der Waals surface area contributed by atoms with E-state index in [1.54, 1.807) is 11.4 Å². The first kappa shape index (κ1) is 13.8. The van der Waals surface area contributed by atoms with Gasteiger partial charge >= 0.3 is 0 Å². The van der Waals surface area contributed by atoms with E-state index in [4.69, 9.17) is 4.74 Å². The molecule has 0 saturated carbocycles. The van der Waals surface area contributed by atoms with E-state index in [1.807, 2.05) is 0 Å². The second kappa shape index (κ2) is 5.31. The number of ether oxygens (including phenoxy) is 1. The fourth-order valence-corrected chi connectivity index (χ4v) is 5.40. The zero-order valence-corrected chi connectivity index (χ0v) is 12.4. The topological polar surface area (TPSA) is 58.6 Å². The number of piperidine rings is 1. The normalized spacial score (nSPS) is 39.1. The van der Waals surface area contributed by atoms with Crippen LogP contribution in [0.2, 0.25) is 0 Å². The van der Waals surface area contributed by atoms with E-state index in [0.29, 0.717) is 25.3 Å². The first-order valence-corrected chi connectivity index (χ1v) is 8.95. The molecule has 3 heterocycles. The summed E-state index contributed by atoms with van der Waals surface area (Å²) in [6, 6.07) is 1.23. The highest BCUT2D eigenvalue weighted by Gasteiger charge is 2.39. The van der Waals surface area contributed by atoms with Gasteiger partial charge in [-0.15, -0.1) is 0 Å². The Balaban J connectivity index is 1.63. The van der Waals surface area contributed by atoms with Crippen molar-refractivity contribution in [1.82, 2.24) is 9.62 Å². The number of hydrogen-bond donors (Lipinski definition) is 1. The second-order valence-corrected chi connectivity index (χ2v) is 8.36. The molecule has 6 heteroatoms. The van der Waals surface area contributed by atoms with Crippen molar-refractivity contribution in [3.63, 3.8) is 0 Å². The lowest BCUT2D eigenvalue weighted by Crippen LogP contribution is -2.49. The quantitative estimate of drug-likeness (QED) is 0.821. The Kier molecular flexibility index (Phi) is 3.86. The van der Waals surface area contributed by atoms with Crippen LogP contribution in [0, 0.1) is 5.92 Å². The van der Waals surface area contributed by atoms with Gasteiger partial charge in [0.05, 0.1) is 12.4 Å². The van der Waals surface area contributed by atoms with E-state index in [1.165, 1.54) is 12.8 Å². The second-order valence-electron chi connectivity index (χ2n) is 6.29. The van der Waals surface area contributed by atoms with Crippen LogP contribution in [-0.4, -0.2) is 56.9 Å². The van der Waals surface area contributed by atoms with E-state index in [2.05, 4.69) is 5.32 Å². The van der Waals surface area contributed by atoms with Gasteiger partial charge < -0.3 is 10.1 Å². The largest absolute Gasteiger partial charge is 0.381 e. The van der Waals surface area contributed by atoms with Gasteiger partial charge in [-0.05, 0) is 38.0 Å². The summed E-state index contributed by atoms with van der Waals surface area (Å²) in [5, 5.41) is 3.56. The van der Waals surface area contributed by atoms with Crippen molar-refractivity contribution >= 4 is 10.0 Å². The molecule has 0 aromatic heterocycles. The Morgan fingerprint density at radius 3 is 2.47 bits per heavy atom. The minimum atomic E-state index is -3.14. The van der Waals surface area contributed by atoms with Crippen molar-refractivity contribution in [2.24, 2.45) is 5.92 Å². The number of nitrogens with zero attached hydrogens (tertiary/aromatic N) is 1. The lowest BCUT2D eigenvalue weighted by atomic mass is 10.0. The molecule has 5 nitrogen and oxygen atoms in total. The molecule has 19 heavy (non-hydrogen) atoms. The van der Waals surface area contributed by atoms with Crippen LogP contribution in [0.3, 0.4) is 0 Å². The van der Waals surface area contributed by atoms with E-state index in [9.17, 15) is 8.42 Å². The molecule has 3 saturated heterocycles. The Morgan fingerprint density at radius 2 is 1.89 bits per heavy atom. The molecule has 3 rings (SSSR count). The molecular formula is C13H24N2O3S. The van der Waals surface area contributed by atoms with Crippen molar-refractivity contribution in [3.8, 4) is 0 Å². The molecule has 110 valence electrons. The summed E-state index contributed by atoms with van der Waals surface area (Å²) >= 11 is 0. The van der Waals surface area contributed by atoms with E-state index >= 15 is 0 Å². The van der Waals surface area contributed by atoms with Crippen molar-refractivity contribution in [1.29, 1.82) is 0 Å². The van der Waals surface area contributed by atoms with Gasteiger partial charge in [0.1, 0.15) is 0 Å². The molecule has 2 bridgehead atoms. The predicted octanol–water partition coefficient (Wildman–Crippen LogP) is 0.567. The summed E-state index contributed by atoms with van der Waals surface area (Å²) in [7, 11) is -1.37. The summed E-state index contributed by atoms with van der Waals surface area (Å²) < 4.78 is 31.9. The molecule has 3 unspecified atom stereocenters. The minimum absolute atomic E-state index is 0.186. The zero-order valence-electron chi connectivity index (χ0n) is 11.5. The monoisotopic (exact) mass is 288 g/mol. The maximum absolute atomic E-state index is 12.5. The van der Waals surface area contributed by atoms with E-state index in [-0.39, 0.29) is 17.7 Å². The van der Waals surface area contributed by atoms with Crippen LogP contribution >= 0.6 is 0 Å². The highest BCUT2D eigenvalue weighted by molar-refractivity contribution is 7.89. The van der Waals surface area contributed by atoms with Crippen LogP contribution in [0.4, 0.5) is 0 Å². The van der Waals surface area contributed by atoms with Crippen molar-refractivity contribution in [2.75, 3.05) is 26.0 Å². The highest BCUT2D eigenvalue weighted by Crippen LogP contribution is 2.31. The third kappa shape index (κ3) is 2.96. The van der Waals surface area contributed by atoms with Crippen LogP contribution < -0.4 is 5.32 Å². The molecule has 0 aliphatic carbocycles. The van der Waals surface area contributed by atoms with Crippen molar-refractivity contribution in [3.05, 3.63) is 0 Å². The van der Waals surface area contributed by atoms with Gasteiger partial charge in [-0.1, -0.05) is 0 Å². The SMILES string of the molecule is CN(C1CC2CCC(C1)N2)S(=O)(=O)CC1CCOC1. The predicted molar refractivity (Wildman–Crippen MR) is 73.4 cm³/mol. The molecule has 0 amide bonds. The van der Waals surface area contributed by atoms with Crippen LogP contribution in [-0.2, 0) is 14.8 Å². The van der Waals surface area contributed by atoms with Gasteiger partial charge in [0.15, 0.2) is 0 Å². The number of hydrogen-bond acceptors (Lipinski definition) is 4. The first-order chi connectivity index (χ1) is 9.04. The maximum atomic E-state index is 12.5. The average Bonchev–Trinajstić information content (AvgIpc) is 2.98. The van der Waals surface area contributed by atoms with Crippen LogP contribution in [0.15, 0.2) is 0 Å². The molecule has 3 fully saturated rings. The number of rotatable bonds is 4.